The van der Waals surface area contributed by atoms with Crippen molar-refractivity contribution in [3.8, 4) is 11.3 Å². The van der Waals surface area contributed by atoms with Gasteiger partial charge in [-0.3, -0.25) is 0 Å². The number of nitrogens with zero attached hydrogens (tertiary/aromatic N) is 1. The highest BCUT2D eigenvalue weighted by atomic mass is 32.1. The van der Waals surface area contributed by atoms with Crippen LogP contribution < -0.4 is 5.73 Å². The molecule has 19 heavy (non-hydrogen) atoms. The average molecular weight is 274 g/mol. The highest BCUT2D eigenvalue weighted by Crippen LogP contribution is 2.32. The van der Waals surface area contributed by atoms with Crippen LogP contribution in [0.15, 0.2) is 18.2 Å². The number of aromatic carboxylic acids is 1. The first-order chi connectivity index (χ1) is 9.15. The van der Waals surface area contributed by atoms with Crippen molar-refractivity contribution in [1.29, 1.82) is 0 Å². The molecule has 3 N–H and O–H groups in total. The van der Waals surface area contributed by atoms with Gasteiger partial charge in [-0.25, -0.2) is 9.78 Å². The van der Waals surface area contributed by atoms with E-state index in [1.54, 1.807) is 0 Å². The third-order valence-corrected chi connectivity index (χ3v) is 4.33. The van der Waals surface area contributed by atoms with Crippen LogP contribution in [-0.2, 0) is 12.8 Å². The molecule has 0 atom stereocenters. The van der Waals surface area contributed by atoms with Gasteiger partial charge in [0.25, 0.3) is 0 Å². The molecule has 0 spiro atoms. The normalized spacial score (nSPS) is 14.1. The number of carbonyl (C=O) groups is 1. The number of carboxylic acids is 1. The second-order valence-corrected chi connectivity index (χ2v) is 5.76. The van der Waals surface area contributed by atoms with Crippen LogP contribution in [0.25, 0.3) is 11.3 Å². The summed E-state index contributed by atoms with van der Waals surface area (Å²) in [5.74, 6) is -0.970. The van der Waals surface area contributed by atoms with Crippen LogP contribution in [0.3, 0.4) is 0 Å². The Hall–Kier alpha value is -1.88. The molecule has 0 aliphatic heterocycles. The van der Waals surface area contributed by atoms with E-state index < -0.39 is 5.97 Å². The molecule has 5 heteroatoms. The van der Waals surface area contributed by atoms with Gasteiger partial charge in [0, 0.05) is 5.56 Å². The summed E-state index contributed by atoms with van der Waals surface area (Å²) < 4.78 is 0. The Morgan fingerprint density at radius 2 is 2.00 bits per heavy atom. The SMILES string of the molecule is Nc1nc(-c2ccc3c(c2)CCCC3)c(C(=O)O)s1. The molecule has 1 heterocycles. The Balaban J connectivity index is 2.09. The van der Waals surface area contributed by atoms with Crippen LogP contribution in [0.4, 0.5) is 5.13 Å². The number of hydrogen-bond acceptors (Lipinski definition) is 4. The van der Waals surface area contributed by atoms with Crippen LogP contribution >= 0.6 is 11.3 Å². The van der Waals surface area contributed by atoms with Gasteiger partial charge in [-0.05, 0) is 42.9 Å². The Morgan fingerprint density at radius 3 is 2.74 bits per heavy atom. The fraction of sp³-hybridized carbons (Fsp3) is 0.286. The fourth-order valence-corrected chi connectivity index (χ4v) is 3.25. The van der Waals surface area contributed by atoms with Gasteiger partial charge in [0.2, 0.25) is 0 Å². The topological polar surface area (TPSA) is 76.2 Å². The van der Waals surface area contributed by atoms with Gasteiger partial charge >= 0.3 is 5.97 Å². The quantitative estimate of drug-likeness (QED) is 0.882. The lowest BCUT2D eigenvalue weighted by molar-refractivity contribution is 0.0702. The van der Waals surface area contributed by atoms with Crippen molar-refractivity contribution >= 4 is 22.4 Å². The lowest BCUT2D eigenvalue weighted by Gasteiger charge is -2.16. The molecule has 0 fully saturated rings. The molecular formula is C14H14N2O2S. The molecule has 1 aromatic carbocycles. The highest BCUT2D eigenvalue weighted by molar-refractivity contribution is 7.17. The Bertz CT molecular complexity index is 649. The molecule has 1 aromatic heterocycles. The minimum Gasteiger partial charge on any atom is -0.477 e. The number of hydrogen-bond donors (Lipinski definition) is 2. The van der Waals surface area contributed by atoms with E-state index in [1.165, 1.54) is 24.0 Å². The minimum atomic E-state index is -0.970. The lowest BCUT2D eigenvalue weighted by atomic mass is 9.90. The largest absolute Gasteiger partial charge is 0.477 e. The fourth-order valence-electron chi connectivity index (χ4n) is 2.56. The monoisotopic (exact) mass is 274 g/mol. The van der Waals surface area contributed by atoms with Crippen LogP contribution in [0.2, 0.25) is 0 Å². The van der Waals surface area contributed by atoms with E-state index in [0.717, 1.165) is 29.7 Å². The van der Waals surface area contributed by atoms with Gasteiger partial charge in [-0.15, -0.1) is 0 Å². The van der Waals surface area contributed by atoms with Crippen molar-refractivity contribution in [3.63, 3.8) is 0 Å². The van der Waals surface area contributed by atoms with E-state index in [2.05, 4.69) is 17.1 Å². The Kier molecular flexibility index (Phi) is 2.98. The average Bonchev–Trinajstić information content (AvgIpc) is 2.80. The summed E-state index contributed by atoms with van der Waals surface area (Å²) >= 11 is 1.02. The van der Waals surface area contributed by atoms with Gasteiger partial charge in [0.15, 0.2) is 5.13 Å². The van der Waals surface area contributed by atoms with E-state index in [-0.39, 0.29) is 4.88 Å². The van der Waals surface area contributed by atoms with E-state index in [1.807, 2.05) is 6.07 Å². The first-order valence-electron chi connectivity index (χ1n) is 6.27. The van der Waals surface area contributed by atoms with Crippen LogP contribution in [0.1, 0.15) is 33.6 Å². The van der Waals surface area contributed by atoms with Crippen LogP contribution in [-0.4, -0.2) is 16.1 Å². The van der Waals surface area contributed by atoms with Crippen molar-refractivity contribution in [2.45, 2.75) is 25.7 Å². The number of rotatable bonds is 2. The van der Waals surface area contributed by atoms with Crippen LogP contribution in [0, 0.1) is 0 Å². The lowest BCUT2D eigenvalue weighted by Crippen LogP contribution is -2.03. The Morgan fingerprint density at radius 1 is 1.26 bits per heavy atom. The maximum Gasteiger partial charge on any atom is 0.348 e. The minimum absolute atomic E-state index is 0.216. The zero-order chi connectivity index (χ0) is 13.4. The van der Waals surface area contributed by atoms with Crippen LogP contribution in [0.5, 0.6) is 0 Å². The highest BCUT2D eigenvalue weighted by Gasteiger charge is 2.19. The molecule has 3 rings (SSSR count). The number of thiazole rings is 1. The zero-order valence-electron chi connectivity index (χ0n) is 10.3. The van der Waals surface area contributed by atoms with Crippen molar-refractivity contribution in [3.05, 3.63) is 34.2 Å². The number of fused-ring (bicyclic) bond motifs is 1. The third kappa shape index (κ3) is 2.21. The maximum atomic E-state index is 11.2. The molecule has 1 aliphatic rings. The number of carboxylic acid groups (broad SMARTS) is 1. The number of nitrogens with two attached hydrogens (primary N) is 1. The van der Waals surface area contributed by atoms with Crippen molar-refractivity contribution in [2.75, 3.05) is 5.73 Å². The molecule has 2 aromatic rings. The maximum absolute atomic E-state index is 11.2. The molecule has 98 valence electrons. The molecule has 4 nitrogen and oxygen atoms in total. The summed E-state index contributed by atoms with van der Waals surface area (Å²) in [6, 6.07) is 6.10. The molecule has 1 aliphatic carbocycles. The second kappa shape index (κ2) is 4.66. The van der Waals surface area contributed by atoms with Gasteiger partial charge in [-0.1, -0.05) is 23.5 Å². The molecular weight excluding hydrogens is 260 g/mol. The molecule has 0 saturated heterocycles. The number of anilines is 1. The van der Waals surface area contributed by atoms with E-state index in [9.17, 15) is 9.90 Å². The summed E-state index contributed by atoms with van der Waals surface area (Å²) in [6.45, 7) is 0. The summed E-state index contributed by atoms with van der Waals surface area (Å²) in [4.78, 5) is 15.6. The molecule has 0 radical (unpaired) electrons. The number of aromatic nitrogens is 1. The van der Waals surface area contributed by atoms with Gasteiger partial charge in [0.1, 0.15) is 4.88 Å². The predicted octanol–water partition coefficient (Wildman–Crippen LogP) is 2.97. The smallest absolute Gasteiger partial charge is 0.348 e. The zero-order valence-corrected chi connectivity index (χ0v) is 11.2. The molecule has 0 amide bonds. The molecule has 0 bridgehead atoms. The van der Waals surface area contributed by atoms with Crippen molar-refractivity contribution < 1.29 is 9.90 Å². The first-order valence-corrected chi connectivity index (χ1v) is 7.08. The van der Waals surface area contributed by atoms with E-state index in [4.69, 9.17) is 5.73 Å². The van der Waals surface area contributed by atoms with E-state index >= 15 is 0 Å². The number of aryl methyl sites for hydroxylation is 2. The summed E-state index contributed by atoms with van der Waals surface area (Å²) in [5.41, 5.74) is 9.66. The standard InChI is InChI=1S/C14H14N2O2S/c15-14-16-11(12(19-14)13(17)18)10-6-5-8-3-1-2-4-9(8)7-10/h5-7H,1-4H2,(H2,15,16)(H,17,18). The first kappa shape index (κ1) is 12.2. The Labute approximate surface area is 114 Å². The number of nitrogen functional groups attached to an aromatic ring is 1. The second-order valence-electron chi connectivity index (χ2n) is 4.73. The predicted molar refractivity (Wildman–Crippen MR) is 75.6 cm³/mol. The third-order valence-electron chi connectivity index (χ3n) is 3.46. The van der Waals surface area contributed by atoms with Crippen molar-refractivity contribution in [2.24, 2.45) is 0 Å². The van der Waals surface area contributed by atoms with Gasteiger partial charge in [0.05, 0.1) is 5.69 Å². The summed E-state index contributed by atoms with van der Waals surface area (Å²) in [6.07, 6.45) is 4.60. The van der Waals surface area contributed by atoms with Gasteiger partial charge < -0.3 is 10.8 Å². The summed E-state index contributed by atoms with van der Waals surface area (Å²) in [7, 11) is 0. The van der Waals surface area contributed by atoms with Crippen molar-refractivity contribution in [1.82, 2.24) is 4.98 Å². The molecule has 0 unspecified atom stereocenters. The van der Waals surface area contributed by atoms with E-state index in [0.29, 0.717) is 10.8 Å². The molecule has 0 saturated carbocycles. The number of benzene rings is 1. The van der Waals surface area contributed by atoms with Gasteiger partial charge in [-0.2, -0.15) is 0 Å². The summed E-state index contributed by atoms with van der Waals surface area (Å²) in [5, 5.41) is 9.49.